The number of imide groups is 1. The fourth-order valence-corrected chi connectivity index (χ4v) is 3.24. The van der Waals surface area contributed by atoms with Gasteiger partial charge in [0.05, 0.1) is 5.56 Å². The Kier molecular flexibility index (Phi) is 5.08. The summed E-state index contributed by atoms with van der Waals surface area (Å²) in [4.78, 5) is 38.2. The third kappa shape index (κ3) is 3.94. The van der Waals surface area contributed by atoms with Crippen molar-refractivity contribution in [2.75, 3.05) is 11.9 Å². The number of nitrogens with one attached hydrogen (secondary N) is 2. The number of rotatable bonds is 4. The number of urea groups is 1. The molecule has 1 atom stereocenters. The molecule has 0 aliphatic carbocycles. The molecule has 0 aromatic heterocycles. The lowest BCUT2D eigenvalue weighted by molar-refractivity contribution is -0.137. The van der Waals surface area contributed by atoms with E-state index in [4.69, 9.17) is 0 Å². The molecule has 2 aromatic carbocycles. The molecule has 1 unspecified atom stereocenters. The topological polar surface area (TPSA) is 78.5 Å². The van der Waals surface area contributed by atoms with Crippen LogP contribution in [0.1, 0.15) is 23.6 Å². The molecule has 0 bridgehead atoms. The Morgan fingerprint density at radius 2 is 1.72 bits per heavy atom. The Labute approximate surface area is 164 Å². The molecule has 1 aliphatic heterocycles. The van der Waals surface area contributed by atoms with E-state index in [1.54, 1.807) is 38.1 Å². The highest BCUT2D eigenvalue weighted by molar-refractivity contribution is 6.10. The lowest BCUT2D eigenvalue weighted by Gasteiger charge is -2.24. The van der Waals surface area contributed by atoms with Crippen molar-refractivity contribution in [1.29, 1.82) is 0 Å². The maximum absolute atomic E-state index is 12.9. The van der Waals surface area contributed by atoms with E-state index in [0.717, 1.165) is 34.7 Å². The predicted molar refractivity (Wildman–Crippen MR) is 98.8 cm³/mol. The molecule has 4 amide bonds. The van der Waals surface area contributed by atoms with Crippen molar-refractivity contribution in [3.05, 3.63) is 65.2 Å². The molecule has 1 fully saturated rings. The first-order valence-electron chi connectivity index (χ1n) is 8.70. The molecule has 29 heavy (non-hydrogen) atoms. The van der Waals surface area contributed by atoms with Crippen molar-refractivity contribution in [3.8, 4) is 0 Å². The molecule has 1 heterocycles. The molecule has 9 heteroatoms. The number of hydrogen-bond donors (Lipinski definition) is 2. The monoisotopic (exact) mass is 405 g/mol. The highest BCUT2D eigenvalue weighted by Crippen LogP contribution is 2.31. The minimum Gasteiger partial charge on any atom is -0.325 e. The van der Waals surface area contributed by atoms with Gasteiger partial charge in [-0.15, -0.1) is 0 Å². The van der Waals surface area contributed by atoms with Crippen molar-refractivity contribution in [1.82, 2.24) is 10.2 Å². The Balaban J connectivity index is 1.72. The quantitative estimate of drug-likeness (QED) is 0.766. The Morgan fingerprint density at radius 1 is 1.10 bits per heavy atom. The molecule has 6 nitrogen and oxygen atoms in total. The van der Waals surface area contributed by atoms with E-state index in [1.807, 2.05) is 0 Å². The highest BCUT2D eigenvalue weighted by Gasteiger charge is 2.50. The summed E-state index contributed by atoms with van der Waals surface area (Å²) in [7, 11) is 0. The van der Waals surface area contributed by atoms with Gasteiger partial charge in [-0.2, -0.15) is 13.2 Å². The lowest BCUT2D eigenvalue weighted by atomic mass is 9.88. The van der Waals surface area contributed by atoms with Crippen LogP contribution in [0.25, 0.3) is 0 Å². The van der Waals surface area contributed by atoms with Gasteiger partial charge in [-0.05, 0) is 49.2 Å². The normalized spacial score (nSPS) is 19.3. The van der Waals surface area contributed by atoms with Gasteiger partial charge in [0.15, 0.2) is 0 Å². The van der Waals surface area contributed by atoms with Crippen molar-refractivity contribution < 1.29 is 27.6 Å². The summed E-state index contributed by atoms with van der Waals surface area (Å²) < 4.78 is 37.8. The van der Waals surface area contributed by atoms with Crippen molar-refractivity contribution in [2.24, 2.45) is 0 Å². The molecule has 1 saturated heterocycles. The summed E-state index contributed by atoms with van der Waals surface area (Å²) in [6.07, 6.45) is -4.48. The second kappa shape index (κ2) is 7.23. The first-order valence-corrected chi connectivity index (χ1v) is 8.70. The van der Waals surface area contributed by atoms with Crippen molar-refractivity contribution >= 4 is 23.5 Å². The summed E-state index contributed by atoms with van der Waals surface area (Å²) in [5.74, 6) is -1.29. The van der Waals surface area contributed by atoms with Gasteiger partial charge in [-0.25, -0.2) is 4.79 Å². The number of alkyl halides is 3. The molecular weight excluding hydrogens is 387 g/mol. The fourth-order valence-electron chi connectivity index (χ4n) is 3.24. The number of halogens is 3. The second-order valence-electron chi connectivity index (χ2n) is 6.88. The summed E-state index contributed by atoms with van der Waals surface area (Å²) >= 11 is 0. The Hall–Kier alpha value is -3.36. The SMILES string of the molecule is Cc1ccccc1C1(C)NC(=O)N(CC(=O)Nc2ccc(C(F)(F)F)cc2)C1=O. The molecule has 0 saturated carbocycles. The van der Waals surface area contributed by atoms with Gasteiger partial charge < -0.3 is 10.6 Å². The first kappa shape index (κ1) is 20.4. The molecule has 1 aliphatic rings. The molecule has 3 rings (SSSR count). The fraction of sp³-hybridized carbons (Fsp3) is 0.250. The minimum absolute atomic E-state index is 0.122. The Morgan fingerprint density at radius 3 is 2.31 bits per heavy atom. The van der Waals surface area contributed by atoms with Gasteiger partial charge in [0.2, 0.25) is 5.91 Å². The third-order valence-electron chi connectivity index (χ3n) is 4.76. The maximum atomic E-state index is 12.9. The van der Waals surface area contributed by atoms with E-state index >= 15 is 0 Å². The van der Waals surface area contributed by atoms with Crippen molar-refractivity contribution in [2.45, 2.75) is 25.6 Å². The molecule has 152 valence electrons. The van der Waals surface area contributed by atoms with Crippen LogP contribution in [0.4, 0.5) is 23.7 Å². The predicted octanol–water partition coefficient (Wildman–Crippen LogP) is 3.42. The minimum atomic E-state index is -4.48. The smallest absolute Gasteiger partial charge is 0.325 e. The van der Waals surface area contributed by atoms with Crippen LogP contribution in [0.3, 0.4) is 0 Å². The van der Waals surface area contributed by atoms with Crippen LogP contribution >= 0.6 is 0 Å². The maximum Gasteiger partial charge on any atom is 0.416 e. The highest BCUT2D eigenvalue weighted by atomic mass is 19.4. The number of anilines is 1. The number of carbonyl (C=O) groups is 3. The van der Waals surface area contributed by atoms with E-state index in [2.05, 4.69) is 10.6 Å². The van der Waals surface area contributed by atoms with E-state index in [-0.39, 0.29) is 5.69 Å². The zero-order chi connectivity index (χ0) is 21.4. The number of nitrogens with zero attached hydrogens (tertiary/aromatic N) is 1. The van der Waals surface area contributed by atoms with Crippen molar-refractivity contribution in [3.63, 3.8) is 0 Å². The molecular formula is C20H18F3N3O3. The standard InChI is InChI=1S/C20H18F3N3O3/c1-12-5-3-4-6-15(12)19(2)17(28)26(18(29)25-19)11-16(27)24-14-9-7-13(8-10-14)20(21,22)23/h3-10H,11H2,1-2H3,(H,24,27)(H,25,29). The van der Waals surface area contributed by atoms with Crippen LogP contribution in [-0.2, 0) is 21.3 Å². The van der Waals surface area contributed by atoms with Crippen LogP contribution in [-0.4, -0.2) is 29.3 Å². The molecule has 2 N–H and O–H groups in total. The zero-order valence-corrected chi connectivity index (χ0v) is 15.6. The van der Waals surface area contributed by atoms with Gasteiger partial charge in [0.25, 0.3) is 5.91 Å². The van der Waals surface area contributed by atoms with Crippen LogP contribution in [0.15, 0.2) is 48.5 Å². The van der Waals surface area contributed by atoms with Gasteiger partial charge in [0.1, 0.15) is 12.1 Å². The van der Waals surface area contributed by atoms with Gasteiger partial charge >= 0.3 is 12.2 Å². The number of hydrogen-bond acceptors (Lipinski definition) is 3. The number of carbonyl (C=O) groups excluding carboxylic acids is 3. The van der Waals surface area contributed by atoms with Crippen LogP contribution in [0, 0.1) is 6.92 Å². The lowest BCUT2D eigenvalue weighted by Crippen LogP contribution is -2.42. The van der Waals surface area contributed by atoms with E-state index in [1.165, 1.54) is 0 Å². The number of amides is 4. The van der Waals surface area contributed by atoms with Gasteiger partial charge in [0, 0.05) is 5.69 Å². The van der Waals surface area contributed by atoms with E-state index in [9.17, 15) is 27.6 Å². The van der Waals surface area contributed by atoms with E-state index in [0.29, 0.717) is 5.56 Å². The third-order valence-corrected chi connectivity index (χ3v) is 4.76. The molecule has 2 aromatic rings. The number of benzene rings is 2. The zero-order valence-electron chi connectivity index (χ0n) is 15.6. The summed E-state index contributed by atoms with van der Waals surface area (Å²) in [5.41, 5.74) is -0.615. The summed E-state index contributed by atoms with van der Waals surface area (Å²) in [6, 6.07) is 10.2. The van der Waals surface area contributed by atoms with E-state index < -0.39 is 41.7 Å². The largest absolute Gasteiger partial charge is 0.416 e. The summed E-state index contributed by atoms with van der Waals surface area (Å²) in [5, 5.41) is 5.00. The summed E-state index contributed by atoms with van der Waals surface area (Å²) in [6.45, 7) is 2.80. The molecule has 0 spiro atoms. The number of aryl methyl sites for hydroxylation is 1. The second-order valence-corrected chi connectivity index (χ2v) is 6.88. The van der Waals surface area contributed by atoms with Gasteiger partial charge in [-0.3, -0.25) is 14.5 Å². The van der Waals surface area contributed by atoms with Crippen LogP contribution in [0.5, 0.6) is 0 Å². The first-order chi connectivity index (χ1) is 13.5. The molecule has 0 radical (unpaired) electrons. The average Bonchev–Trinajstić information content (AvgIpc) is 2.85. The average molecular weight is 405 g/mol. The Bertz CT molecular complexity index is 973. The van der Waals surface area contributed by atoms with Gasteiger partial charge in [-0.1, -0.05) is 24.3 Å². The van der Waals surface area contributed by atoms with Crippen LogP contribution in [0.2, 0.25) is 0 Å². The van der Waals surface area contributed by atoms with Crippen LogP contribution < -0.4 is 10.6 Å².